The highest BCUT2D eigenvalue weighted by atomic mass is 19.4. The molecule has 0 spiro atoms. The van der Waals surface area contributed by atoms with Gasteiger partial charge in [-0.3, -0.25) is 24.6 Å². The molecule has 3 aliphatic heterocycles. The van der Waals surface area contributed by atoms with Crippen molar-refractivity contribution in [3.8, 4) is 0 Å². The Labute approximate surface area is 171 Å². The number of carbonyl (C=O) groups is 3. The van der Waals surface area contributed by atoms with Crippen LogP contribution in [0.3, 0.4) is 0 Å². The van der Waals surface area contributed by atoms with Gasteiger partial charge in [-0.05, 0) is 23.6 Å². The zero-order valence-corrected chi connectivity index (χ0v) is 16.3. The molecule has 2 N–H and O–H groups in total. The van der Waals surface area contributed by atoms with E-state index in [-0.39, 0.29) is 24.8 Å². The SMILES string of the molecule is O=C1CCC(N2Cc3ccc(CN4CCNC(CC(F)(F)F)C4)cc3C2=O)C(=O)N1. The van der Waals surface area contributed by atoms with Crippen LogP contribution >= 0.6 is 0 Å². The zero-order valence-electron chi connectivity index (χ0n) is 16.3. The summed E-state index contributed by atoms with van der Waals surface area (Å²) in [5.74, 6) is -1.04. The normalized spacial score (nSPS) is 25.4. The molecule has 3 aliphatic rings. The number of fused-ring (bicyclic) bond motifs is 1. The van der Waals surface area contributed by atoms with Gasteiger partial charge < -0.3 is 10.2 Å². The molecular formula is C20H23F3N4O3. The van der Waals surface area contributed by atoms with Crippen LogP contribution in [0.4, 0.5) is 13.2 Å². The topological polar surface area (TPSA) is 81.8 Å². The molecule has 162 valence electrons. The second-order valence-electron chi connectivity index (χ2n) is 8.10. The Morgan fingerprint density at radius 2 is 1.97 bits per heavy atom. The average molecular weight is 424 g/mol. The van der Waals surface area contributed by atoms with Crippen molar-refractivity contribution < 1.29 is 27.6 Å². The van der Waals surface area contributed by atoms with Gasteiger partial charge in [0.1, 0.15) is 6.04 Å². The van der Waals surface area contributed by atoms with Crippen LogP contribution in [0.5, 0.6) is 0 Å². The summed E-state index contributed by atoms with van der Waals surface area (Å²) in [6.07, 6.45) is -4.57. The van der Waals surface area contributed by atoms with Gasteiger partial charge in [-0.1, -0.05) is 12.1 Å². The van der Waals surface area contributed by atoms with E-state index < -0.39 is 30.6 Å². The third-order valence-corrected chi connectivity index (χ3v) is 5.82. The van der Waals surface area contributed by atoms with Gasteiger partial charge in [0.05, 0.1) is 6.42 Å². The number of amides is 3. The summed E-state index contributed by atoms with van der Waals surface area (Å²) in [6.45, 7) is 2.15. The summed E-state index contributed by atoms with van der Waals surface area (Å²) in [6, 6.07) is 4.18. The molecule has 2 unspecified atom stereocenters. The smallest absolute Gasteiger partial charge is 0.322 e. The van der Waals surface area contributed by atoms with Crippen molar-refractivity contribution in [1.29, 1.82) is 0 Å². The number of benzene rings is 1. The van der Waals surface area contributed by atoms with E-state index in [1.54, 1.807) is 6.07 Å². The maximum absolute atomic E-state index is 12.9. The standard InChI is InChI=1S/C20H23F3N4O3/c21-20(22,23)8-14-11-26(6-5-24-14)9-12-1-2-13-10-27(19(30)15(13)7-12)16-3-4-17(28)25-18(16)29/h1-2,7,14,16,24H,3-6,8-11H2,(H,25,28,29). The summed E-state index contributed by atoms with van der Waals surface area (Å²) < 4.78 is 38.0. The second-order valence-corrected chi connectivity index (χ2v) is 8.10. The van der Waals surface area contributed by atoms with Gasteiger partial charge in [-0.2, -0.15) is 13.2 Å². The van der Waals surface area contributed by atoms with Crippen LogP contribution in [-0.4, -0.2) is 65.4 Å². The zero-order chi connectivity index (χ0) is 21.5. The molecule has 2 fully saturated rings. The first-order valence-electron chi connectivity index (χ1n) is 9.98. The van der Waals surface area contributed by atoms with E-state index in [0.29, 0.717) is 38.2 Å². The molecule has 0 saturated carbocycles. The van der Waals surface area contributed by atoms with Crippen molar-refractivity contribution >= 4 is 17.7 Å². The number of nitrogens with zero attached hydrogens (tertiary/aromatic N) is 2. The number of hydrogen-bond donors (Lipinski definition) is 2. The second kappa shape index (κ2) is 7.99. The van der Waals surface area contributed by atoms with Gasteiger partial charge >= 0.3 is 6.18 Å². The predicted octanol–water partition coefficient (Wildman–Crippen LogP) is 1.17. The van der Waals surface area contributed by atoms with Crippen LogP contribution in [0, 0.1) is 0 Å². The van der Waals surface area contributed by atoms with Crippen LogP contribution in [0.1, 0.15) is 40.7 Å². The van der Waals surface area contributed by atoms with E-state index >= 15 is 0 Å². The summed E-state index contributed by atoms with van der Waals surface area (Å²) in [4.78, 5) is 39.8. The predicted molar refractivity (Wildman–Crippen MR) is 100 cm³/mol. The molecule has 30 heavy (non-hydrogen) atoms. The maximum atomic E-state index is 12.9. The number of piperazine rings is 1. The molecule has 1 aromatic rings. The molecule has 3 amide bonds. The lowest BCUT2D eigenvalue weighted by Crippen LogP contribution is -2.52. The van der Waals surface area contributed by atoms with Crippen molar-refractivity contribution in [2.75, 3.05) is 19.6 Å². The Morgan fingerprint density at radius 3 is 2.70 bits per heavy atom. The van der Waals surface area contributed by atoms with E-state index in [4.69, 9.17) is 0 Å². The van der Waals surface area contributed by atoms with Crippen molar-refractivity contribution in [2.24, 2.45) is 0 Å². The van der Waals surface area contributed by atoms with Gasteiger partial charge in [0.25, 0.3) is 5.91 Å². The van der Waals surface area contributed by atoms with E-state index in [1.165, 1.54) is 4.90 Å². The fourth-order valence-corrected chi connectivity index (χ4v) is 4.41. The molecule has 10 heteroatoms. The minimum atomic E-state index is -4.21. The van der Waals surface area contributed by atoms with E-state index in [0.717, 1.165) is 11.1 Å². The van der Waals surface area contributed by atoms with Crippen LogP contribution in [-0.2, 0) is 22.7 Å². The van der Waals surface area contributed by atoms with Gasteiger partial charge in [0, 0.05) is 50.7 Å². The Kier molecular flexibility index (Phi) is 5.54. The maximum Gasteiger partial charge on any atom is 0.390 e. The number of halogens is 3. The van der Waals surface area contributed by atoms with Crippen molar-refractivity contribution in [1.82, 2.24) is 20.4 Å². The van der Waals surface area contributed by atoms with Gasteiger partial charge in [-0.25, -0.2) is 0 Å². The summed E-state index contributed by atoms with van der Waals surface area (Å²) in [5, 5.41) is 5.18. The summed E-state index contributed by atoms with van der Waals surface area (Å²) in [7, 11) is 0. The van der Waals surface area contributed by atoms with Crippen molar-refractivity contribution in [2.45, 2.75) is 50.6 Å². The first-order chi connectivity index (χ1) is 14.2. The summed E-state index contributed by atoms with van der Waals surface area (Å²) in [5.41, 5.74) is 2.17. The Bertz CT molecular complexity index is 873. The van der Waals surface area contributed by atoms with Crippen LogP contribution in [0.15, 0.2) is 18.2 Å². The van der Waals surface area contributed by atoms with Gasteiger partial charge in [0.15, 0.2) is 0 Å². The number of carbonyl (C=O) groups excluding carboxylic acids is 3. The van der Waals surface area contributed by atoms with Crippen LogP contribution in [0.2, 0.25) is 0 Å². The molecule has 2 saturated heterocycles. The Hall–Kier alpha value is -2.46. The van der Waals surface area contributed by atoms with E-state index in [1.807, 2.05) is 17.0 Å². The van der Waals surface area contributed by atoms with E-state index in [2.05, 4.69) is 10.6 Å². The molecule has 1 aromatic carbocycles. The minimum absolute atomic E-state index is 0.198. The number of nitrogens with one attached hydrogen (secondary N) is 2. The molecule has 2 atom stereocenters. The summed E-state index contributed by atoms with van der Waals surface area (Å²) >= 11 is 0. The number of hydrogen-bond acceptors (Lipinski definition) is 5. The average Bonchev–Trinajstić information content (AvgIpc) is 2.97. The third kappa shape index (κ3) is 4.49. The molecule has 0 radical (unpaired) electrons. The van der Waals surface area contributed by atoms with Crippen molar-refractivity contribution in [3.63, 3.8) is 0 Å². The molecule has 3 heterocycles. The third-order valence-electron chi connectivity index (χ3n) is 5.82. The lowest BCUT2D eigenvalue weighted by Gasteiger charge is -2.34. The number of piperidine rings is 1. The number of rotatable bonds is 4. The number of alkyl halides is 3. The Balaban J connectivity index is 1.42. The molecule has 7 nitrogen and oxygen atoms in total. The van der Waals surface area contributed by atoms with Gasteiger partial charge in [0.2, 0.25) is 11.8 Å². The highest BCUT2D eigenvalue weighted by Crippen LogP contribution is 2.29. The van der Waals surface area contributed by atoms with E-state index in [9.17, 15) is 27.6 Å². The van der Waals surface area contributed by atoms with Gasteiger partial charge in [-0.15, -0.1) is 0 Å². The highest BCUT2D eigenvalue weighted by molar-refractivity contribution is 6.05. The first kappa shape index (κ1) is 20.8. The minimum Gasteiger partial charge on any atom is -0.322 e. The monoisotopic (exact) mass is 424 g/mol. The van der Waals surface area contributed by atoms with Crippen LogP contribution in [0.25, 0.3) is 0 Å². The largest absolute Gasteiger partial charge is 0.390 e. The Morgan fingerprint density at radius 1 is 1.17 bits per heavy atom. The molecule has 0 aromatic heterocycles. The number of imide groups is 1. The van der Waals surface area contributed by atoms with Crippen molar-refractivity contribution in [3.05, 3.63) is 34.9 Å². The highest BCUT2D eigenvalue weighted by Gasteiger charge is 2.39. The molecule has 0 bridgehead atoms. The molecular weight excluding hydrogens is 401 g/mol. The fourth-order valence-electron chi connectivity index (χ4n) is 4.41. The molecule has 4 rings (SSSR count). The first-order valence-corrected chi connectivity index (χ1v) is 9.98. The van der Waals surface area contributed by atoms with Crippen LogP contribution < -0.4 is 10.6 Å². The lowest BCUT2D eigenvalue weighted by molar-refractivity contribution is -0.142. The fraction of sp³-hybridized carbons (Fsp3) is 0.550. The lowest BCUT2D eigenvalue weighted by atomic mass is 10.0. The quantitative estimate of drug-likeness (QED) is 0.710. The molecule has 0 aliphatic carbocycles.